The van der Waals surface area contributed by atoms with E-state index in [0.717, 1.165) is 51.9 Å². The number of carbonyl (C=O) groups excluding carboxylic acids is 1. The number of amides is 2. The Kier molecular flexibility index (Phi) is 6.46. The standard InChI is InChI=1S/C22H31N5O2/c1-2-20(26-10-9-17-6-3-4-7-18(17)14-26)13-23-22(28)25-19-12-24-27(15-19)16-21-8-5-11-29-21/h3-4,6-7,12,15,20-21H,2,5,8-11,13-14,16H2,1H3,(H2,23,25,28). The van der Waals surface area contributed by atoms with E-state index in [2.05, 4.69) is 51.8 Å². The number of fused-ring (bicyclic) bond motifs is 1. The fraction of sp³-hybridized carbons (Fsp3) is 0.545. The fourth-order valence-corrected chi connectivity index (χ4v) is 4.27. The normalized spacial score (nSPS) is 20.2. The first-order chi connectivity index (χ1) is 14.2. The molecule has 4 rings (SSSR count). The molecule has 2 aromatic rings. The van der Waals surface area contributed by atoms with Gasteiger partial charge in [-0.15, -0.1) is 0 Å². The zero-order chi connectivity index (χ0) is 20.1. The second-order valence-corrected chi connectivity index (χ2v) is 7.97. The van der Waals surface area contributed by atoms with Crippen molar-refractivity contribution in [2.45, 2.75) is 57.8 Å². The fourth-order valence-electron chi connectivity index (χ4n) is 4.27. The number of aromatic nitrogens is 2. The highest BCUT2D eigenvalue weighted by molar-refractivity contribution is 5.88. The summed E-state index contributed by atoms with van der Waals surface area (Å²) in [7, 11) is 0. The summed E-state index contributed by atoms with van der Waals surface area (Å²) in [5.74, 6) is 0. The first-order valence-corrected chi connectivity index (χ1v) is 10.7. The molecular formula is C22H31N5O2. The van der Waals surface area contributed by atoms with Crippen molar-refractivity contribution in [1.29, 1.82) is 0 Å². The number of nitrogens with one attached hydrogen (secondary N) is 2. The van der Waals surface area contributed by atoms with Gasteiger partial charge in [-0.2, -0.15) is 5.10 Å². The number of ether oxygens (including phenoxy) is 1. The van der Waals surface area contributed by atoms with Gasteiger partial charge in [0.05, 0.1) is 24.5 Å². The van der Waals surface area contributed by atoms with E-state index in [9.17, 15) is 4.79 Å². The Bertz CT molecular complexity index is 815. The molecular weight excluding hydrogens is 366 g/mol. The van der Waals surface area contributed by atoms with Crippen LogP contribution in [0.25, 0.3) is 0 Å². The lowest BCUT2D eigenvalue weighted by molar-refractivity contribution is 0.0940. The van der Waals surface area contributed by atoms with E-state index in [4.69, 9.17) is 4.74 Å². The molecule has 156 valence electrons. The number of hydrogen-bond acceptors (Lipinski definition) is 4. The summed E-state index contributed by atoms with van der Waals surface area (Å²) in [5.41, 5.74) is 3.56. The average Bonchev–Trinajstić information content (AvgIpc) is 3.41. The second-order valence-electron chi connectivity index (χ2n) is 7.97. The Morgan fingerprint density at radius 2 is 2.21 bits per heavy atom. The molecule has 7 nitrogen and oxygen atoms in total. The SMILES string of the molecule is CCC(CNC(=O)Nc1cnn(CC2CCCO2)c1)N1CCc2ccccc2C1. The highest BCUT2D eigenvalue weighted by atomic mass is 16.5. The van der Waals surface area contributed by atoms with Crippen LogP contribution in [-0.4, -0.2) is 52.6 Å². The van der Waals surface area contributed by atoms with Crippen molar-refractivity contribution in [2.24, 2.45) is 0 Å². The first kappa shape index (κ1) is 19.9. The summed E-state index contributed by atoms with van der Waals surface area (Å²) in [6.07, 6.45) is 8.04. The lowest BCUT2D eigenvalue weighted by Gasteiger charge is -2.35. The van der Waals surface area contributed by atoms with Gasteiger partial charge in [-0.3, -0.25) is 9.58 Å². The van der Waals surface area contributed by atoms with Gasteiger partial charge in [0, 0.05) is 38.5 Å². The zero-order valence-corrected chi connectivity index (χ0v) is 17.1. The van der Waals surface area contributed by atoms with E-state index in [1.54, 1.807) is 6.20 Å². The molecule has 0 radical (unpaired) electrons. The topological polar surface area (TPSA) is 71.4 Å². The van der Waals surface area contributed by atoms with Gasteiger partial charge >= 0.3 is 6.03 Å². The van der Waals surface area contributed by atoms with Crippen molar-refractivity contribution in [2.75, 3.05) is 25.0 Å². The predicted molar refractivity (Wildman–Crippen MR) is 113 cm³/mol. The van der Waals surface area contributed by atoms with E-state index in [1.807, 2.05) is 10.9 Å². The Morgan fingerprint density at radius 3 is 3.00 bits per heavy atom. The number of anilines is 1. The quantitative estimate of drug-likeness (QED) is 0.753. The molecule has 1 aromatic carbocycles. The van der Waals surface area contributed by atoms with Gasteiger partial charge in [0.15, 0.2) is 0 Å². The third-order valence-electron chi connectivity index (χ3n) is 5.95. The van der Waals surface area contributed by atoms with Crippen molar-refractivity contribution in [3.8, 4) is 0 Å². The summed E-state index contributed by atoms with van der Waals surface area (Å²) >= 11 is 0. The molecule has 2 aliphatic heterocycles. The molecule has 2 unspecified atom stereocenters. The van der Waals surface area contributed by atoms with Crippen LogP contribution in [0.15, 0.2) is 36.7 Å². The van der Waals surface area contributed by atoms with Gasteiger partial charge in [-0.25, -0.2) is 4.79 Å². The summed E-state index contributed by atoms with van der Waals surface area (Å²) < 4.78 is 7.48. The average molecular weight is 398 g/mol. The van der Waals surface area contributed by atoms with E-state index in [0.29, 0.717) is 18.3 Å². The molecule has 0 aliphatic carbocycles. The lowest BCUT2D eigenvalue weighted by atomic mass is 9.98. The Balaban J connectivity index is 1.25. The molecule has 3 heterocycles. The molecule has 2 amide bonds. The molecule has 0 bridgehead atoms. The summed E-state index contributed by atoms with van der Waals surface area (Å²) in [6.45, 7) is 6.37. The summed E-state index contributed by atoms with van der Waals surface area (Å²) in [4.78, 5) is 14.8. The minimum atomic E-state index is -0.183. The molecule has 0 spiro atoms. The molecule has 0 saturated carbocycles. The molecule has 1 aromatic heterocycles. The van der Waals surface area contributed by atoms with Crippen LogP contribution in [0.1, 0.15) is 37.3 Å². The molecule has 2 atom stereocenters. The van der Waals surface area contributed by atoms with Crippen LogP contribution in [0.3, 0.4) is 0 Å². The van der Waals surface area contributed by atoms with Gasteiger partial charge in [0.1, 0.15) is 0 Å². The maximum atomic E-state index is 12.4. The number of rotatable bonds is 7. The highest BCUT2D eigenvalue weighted by Crippen LogP contribution is 2.21. The minimum absolute atomic E-state index is 0.183. The molecule has 1 fully saturated rings. The van der Waals surface area contributed by atoms with Crippen LogP contribution in [0.2, 0.25) is 0 Å². The van der Waals surface area contributed by atoms with Crippen LogP contribution in [0.5, 0.6) is 0 Å². The van der Waals surface area contributed by atoms with Crippen molar-refractivity contribution >= 4 is 11.7 Å². The van der Waals surface area contributed by atoms with Gasteiger partial charge in [-0.05, 0) is 36.8 Å². The molecule has 2 aliphatic rings. The van der Waals surface area contributed by atoms with E-state index in [-0.39, 0.29) is 12.1 Å². The molecule has 29 heavy (non-hydrogen) atoms. The van der Waals surface area contributed by atoms with Gasteiger partial charge in [-0.1, -0.05) is 31.2 Å². The van der Waals surface area contributed by atoms with Gasteiger partial charge in [0.2, 0.25) is 0 Å². The largest absolute Gasteiger partial charge is 0.376 e. The Labute approximate surface area is 172 Å². The van der Waals surface area contributed by atoms with Crippen molar-refractivity contribution in [1.82, 2.24) is 20.0 Å². The van der Waals surface area contributed by atoms with E-state index < -0.39 is 0 Å². The number of hydrogen-bond donors (Lipinski definition) is 2. The maximum Gasteiger partial charge on any atom is 0.319 e. The maximum absolute atomic E-state index is 12.4. The summed E-state index contributed by atoms with van der Waals surface area (Å²) in [6, 6.07) is 8.80. The lowest BCUT2D eigenvalue weighted by Crippen LogP contribution is -2.46. The smallest absolute Gasteiger partial charge is 0.319 e. The monoisotopic (exact) mass is 397 g/mol. The van der Waals surface area contributed by atoms with Gasteiger partial charge < -0.3 is 15.4 Å². The van der Waals surface area contributed by atoms with Crippen molar-refractivity contribution < 1.29 is 9.53 Å². The second kappa shape index (κ2) is 9.41. The van der Waals surface area contributed by atoms with Crippen LogP contribution in [0, 0.1) is 0 Å². The number of benzene rings is 1. The van der Waals surface area contributed by atoms with Crippen LogP contribution in [-0.2, 0) is 24.2 Å². The molecule has 7 heteroatoms. The number of nitrogens with zero attached hydrogens (tertiary/aromatic N) is 3. The van der Waals surface area contributed by atoms with Crippen LogP contribution >= 0.6 is 0 Å². The van der Waals surface area contributed by atoms with E-state index >= 15 is 0 Å². The highest BCUT2D eigenvalue weighted by Gasteiger charge is 2.22. The van der Waals surface area contributed by atoms with Crippen molar-refractivity contribution in [3.05, 3.63) is 47.8 Å². The summed E-state index contributed by atoms with van der Waals surface area (Å²) in [5, 5.41) is 10.2. The predicted octanol–water partition coefficient (Wildman–Crippen LogP) is 3.02. The Morgan fingerprint density at radius 1 is 1.34 bits per heavy atom. The number of carbonyl (C=O) groups is 1. The third kappa shape index (κ3) is 5.16. The van der Waals surface area contributed by atoms with Crippen LogP contribution in [0.4, 0.5) is 10.5 Å². The molecule has 1 saturated heterocycles. The van der Waals surface area contributed by atoms with E-state index in [1.165, 1.54) is 11.1 Å². The van der Waals surface area contributed by atoms with Gasteiger partial charge in [0.25, 0.3) is 0 Å². The number of urea groups is 1. The zero-order valence-electron chi connectivity index (χ0n) is 17.1. The minimum Gasteiger partial charge on any atom is -0.376 e. The molecule has 2 N–H and O–H groups in total. The van der Waals surface area contributed by atoms with Crippen LogP contribution < -0.4 is 10.6 Å². The Hall–Kier alpha value is -2.38. The first-order valence-electron chi connectivity index (χ1n) is 10.7. The van der Waals surface area contributed by atoms with Crippen molar-refractivity contribution in [3.63, 3.8) is 0 Å². The third-order valence-corrected chi connectivity index (χ3v) is 5.95.